The molecule has 19 heavy (non-hydrogen) atoms. The molecule has 0 fully saturated rings. The van der Waals surface area contributed by atoms with E-state index in [0.29, 0.717) is 0 Å². The maximum Gasteiger partial charge on any atom is 0.153 e. The Labute approximate surface area is 116 Å². The van der Waals surface area contributed by atoms with E-state index in [1.165, 1.54) is 0 Å². The molecule has 0 saturated heterocycles. The lowest BCUT2D eigenvalue weighted by atomic mass is 10.1. The molecule has 0 radical (unpaired) electrons. The van der Waals surface area contributed by atoms with Gasteiger partial charge in [-0.2, -0.15) is 0 Å². The van der Waals surface area contributed by atoms with Crippen LogP contribution in [0.25, 0.3) is 0 Å². The van der Waals surface area contributed by atoms with Crippen LogP contribution in [0.5, 0.6) is 5.75 Å². The standard InChI is InChI=1S/C14H23NO3S/c1-4-15-12(3)13-8-6-7-9-14(13)18-10-11-19(16,17)5-2/h6-9,12,15H,4-5,10-11H2,1-3H3. The van der Waals surface area contributed by atoms with Gasteiger partial charge < -0.3 is 10.1 Å². The molecule has 0 aliphatic rings. The predicted octanol–water partition coefficient (Wildman–Crippen LogP) is 2.17. The molecule has 1 aromatic rings. The fourth-order valence-electron chi connectivity index (χ4n) is 1.81. The summed E-state index contributed by atoms with van der Waals surface area (Å²) in [5, 5.41) is 3.32. The number of sulfone groups is 1. The van der Waals surface area contributed by atoms with E-state index in [2.05, 4.69) is 12.2 Å². The first kappa shape index (κ1) is 16.0. The van der Waals surface area contributed by atoms with E-state index >= 15 is 0 Å². The molecule has 4 nitrogen and oxygen atoms in total. The van der Waals surface area contributed by atoms with Crippen molar-refractivity contribution >= 4 is 9.84 Å². The third kappa shape index (κ3) is 5.20. The zero-order valence-electron chi connectivity index (χ0n) is 11.8. The Hall–Kier alpha value is -1.07. The van der Waals surface area contributed by atoms with Crippen molar-refractivity contribution in [3.8, 4) is 5.75 Å². The summed E-state index contributed by atoms with van der Waals surface area (Å²) in [6, 6.07) is 7.91. The van der Waals surface area contributed by atoms with Crippen molar-refractivity contribution in [1.29, 1.82) is 0 Å². The summed E-state index contributed by atoms with van der Waals surface area (Å²) in [5.41, 5.74) is 1.05. The Kier molecular flexibility index (Phi) is 6.31. The molecule has 5 heteroatoms. The van der Waals surface area contributed by atoms with Crippen LogP contribution in [0, 0.1) is 0 Å². The summed E-state index contributed by atoms with van der Waals surface area (Å²) in [6.45, 7) is 6.84. The number of hydrogen-bond donors (Lipinski definition) is 1. The summed E-state index contributed by atoms with van der Waals surface area (Å²) < 4.78 is 28.5. The second-order valence-electron chi connectivity index (χ2n) is 4.40. The van der Waals surface area contributed by atoms with Gasteiger partial charge in [0.15, 0.2) is 9.84 Å². The molecule has 1 aromatic carbocycles. The van der Waals surface area contributed by atoms with Gasteiger partial charge in [0.2, 0.25) is 0 Å². The number of ether oxygens (including phenoxy) is 1. The molecule has 0 aromatic heterocycles. The first-order valence-electron chi connectivity index (χ1n) is 6.65. The van der Waals surface area contributed by atoms with Crippen LogP contribution >= 0.6 is 0 Å². The van der Waals surface area contributed by atoms with Gasteiger partial charge in [-0.25, -0.2) is 8.42 Å². The van der Waals surface area contributed by atoms with Gasteiger partial charge in [-0.05, 0) is 19.5 Å². The van der Waals surface area contributed by atoms with Crippen LogP contribution in [0.1, 0.15) is 32.4 Å². The highest BCUT2D eigenvalue weighted by Gasteiger charge is 2.12. The van der Waals surface area contributed by atoms with Gasteiger partial charge >= 0.3 is 0 Å². The summed E-state index contributed by atoms with van der Waals surface area (Å²) in [4.78, 5) is 0. The smallest absolute Gasteiger partial charge is 0.153 e. The van der Waals surface area contributed by atoms with Crippen LogP contribution < -0.4 is 10.1 Å². The predicted molar refractivity (Wildman–Crippen MR) is 78.4 cm³/mol. The SMILES string of the molecule is CCNC(C)c1ccccc1OCCS(=O)(=O)CC. The van der Waals surface area contributed by atoms with E-state index < -0.39 is 9.84 Å². The van der Waals surface area contributed by atoms with Crippen LogP contribution in [-0.2, 0) is 9.84 Å². The molecule has 1 rings (SSSR count). The summed E-state index contributed by atoms with van der Waals surface area (Å²) >= 11 is 0. The number of hydrogen-bond acceptors (Lipinski definition) is 4. The van der Waals surface area contributed by atoms with Crippen LogP contribution in [0.2, 0.25) is 0 Å². The average Bonchev–Trinajstić information content (AvgIpc) is 2.39. The van der Waals surface area contributed by atoms with Crippen molar-refractivity contribution in [2.75, 3.05) is 24.7 Å². The van der Waals surface area contributed by atoms with Gasteiger partial charge in [-0.3, -0.25) is 0 Å². The van der Waals surface area contributed by atoms with Gasteiger partial charge in [0.05, 0.1) is 5.75 Å². The highest BCUT2D eigenvalue weighted by atomic mass is 32.2. The minimum Gasteiger partial charge on any atom is -0.492 e. The van der Waals surface area contributed by atoms with E-state index in [0.717, 1.165) is 17.9 Å². The normalized spacial score (nSPS) is 13.2. The molecule has 0 saturated carbocycles. The molecule has 0 amide bonds. The van der Waals surface area contributed by atoms with Crippen LogP contribution in [-0.4, -0.2) is 33.1 Å². The molecule has 0 heterocycles. The molecular formula is C14H23NO3S. The van der Waals surface area contributed by atoms with E-state index in [4.69, 9.17) is 4.74 Å². The van der Waals surface area contributed by atoms with Crippen molar-refractivity contribution in [3.63, 3.8) is 0 Å². The summed E-state index contributed by atoms with van der Waals surface area (Å²) in [7, 11) is -2.97. The second-order valence-corrected chi connectivity index (χ2v) is 6.87. The third-order valence-corrected chi connectivity index (χ3v) is 4.66. The first-order valence-corrected chi connectivity index (χ1v) is 8.47. The maximum atomic E-state index is 11.4. The molecule has 0 bridgehead atoms. The Bertz CT molecular complexity index is 485. The minimum absolute atomic E-state index is 0.0629. The third-order valence-electron chi connectivity index (χ3n) is 2.99. The monoisotopic (exact) mass is 285 g/mol. The lowest BCUT2D eigenvalue weighted by Crippen LogP contribution is -2.20. The van der Waals surface area contributed by atoms with E-state index in [1.54, 1.807) is 6.92 Å². The fraction of sp³-hybridized carbons (Fsp3) is 0.571. The highest BCUT2D eigenvalue weighted by Crippen LogP contribution is 2.24. The fourth-order valence-corrected chi connectivity index (χ4v) is 2.43. The van der Waals surface area contributed by atoms with Crippen molar-refractivity contribution in [3.05, 3.63) is 29.8 Å². The Morgan fingerprint density at radius 2 is 1.95 bits per heavy atom. The first-order chi connectivity index (χ1) is 9.00. The van der Waals surface area contributed by atoms with Gasteiger partial charge in [0.25, 0.3) is 0 Å². The van der Waals surface area contributed by atoms with E-state index in [-0.39, 0.29) is 24.2 Å². The number of benzene rings is 1. The molecule has 1 unspecified atom stereocenters. The van der Waals surface area contributed by atoms with Crippen LogP contribution in [0.4, 0.5) is 0 Å². The van der Waals surface area contributed by atoms with Gasteiger partial charge in [0.1, 0.15) is 12.4 Å². The van der Waals surface area contributed by atoms with Crippen LogP contribution in [0.15, 0.2) is 24.3 Å². The second kappa shape index (κ2) is 7.50. The molecule has 0 aliphatic heterocycles. The van der Waals surface area contributed by atoms with Gasteiger partial charge in [-0.15, -0.1) is 0 Å². The molecule has 1 atom stereocenters. The van der Waals surface area contributed by atoms with E-state index in [1.807, 2.05) is 31.2 Å². The molecule has 108 valence electrons. The minimum atomic E-state index is -2.97. The Balaban J connectivity index is 2.68. The summed E-state index contributed by atoms with van der Waals surface area (Å²) in [6.07, 6.45) is 0. The molecular weight excluding hydrogens is 262 g/mol. The quantitative estimate of drug-likeness (QED) is 0.795. The molecule has 0 spiro atoms. The Morgan fingerprint density at radius 3 is 2.58 bits per heavy atom. The summed E-state index contributed by atoms with van der Waals surface area (Å²) in [5.74, 6) is 0.974. The molecule has 1 N–H and O–H groups in total. The van der Waals surface area contributed by atoms with Gasteiger partial charge in [-0.1, -0.05) is 32.0 Å². The number of para-hydroxylation sites is 1. The lowest BCUT2D eigenvalue weighted by molar-refractivity contribution is 0.333. The van der Waals surface area contributed by atoms with E-state index in [9.17, 15) is 8.42 Å². The molecule has 0 aliphatic carbocycles. The zero-order chi connectivity index (χ0) is 14.3. The Morgan fingerprint density at radius 1 is 1.26 bits per heavy atom. The highest BCUT2D eigenvalue weighted by molar-refractivity contribution is 7.91. The van der Waals surface area contributed by atoms with Crippen LogP contribution in [0.3, 0.4) is 0 Å². The number of nitrogens with one attached hydrogen (secondary N) is 1. The van der Waals surface area contributed by atoms with Crippen molar-refractivity contribution < 1.29 is 13.2 Å². The van der Waals surface area contributed by atoms with Crippen molar-refractivity contribution in [1.82, 2.24) is 5.32 Å². The zero-order valence-corrected chi connectivity index (χ0v) is 12.7. The average molecular weight is 285 g/mol. The topological polar surface area (TPSA) is 55.4 Å². The maximum absolute atomic E-state index is 11.4. The van der Waals surface area contributed by atoms with Crippen molar-refractivity contribution in [2.24, 2.45) is 0 Å². The lowest BCUT2D eigenvalue weighted by Gasteiger charge is -2.17. The largest absolute Gasteiger partial charge is 0.492 e. The number of rotatable bonds is 8. The van der Waals surface area contributed by atoms with Crippen molar-refractivity contribution in [2.45, 2.75) is 26.8 Å². The van der Waals surface area contributed by atoms with Gasteiger partial charge in [0, 0.05) is 17.4 Å².